The van der Waals surface area contributed by atoms with E-state index in [4.69, 9.17) is 4.74 Å². The molecule has 40 heavy (non-hydrogen) atoms. The van der Waals surface area contributed by atoms with Crippen LogP contribution in [-0.2, 0) is 19.7 Å². The number of carbonyl (C=O) groups excluding carboxylic acids is 2. The van der Waals surface area contributed by atoms with Crippen LogP contribution in [0.1, 0.15) is 88.2 Å². The summed E-state index contributed by atoms with van der Waals surface area (Å²) in [4.78, 5) is 30.4. The van der Waals surface area contributed by atoms with Crippen molar-refractivity contribution in [1.29, 1.82) is 0 Å². The fourth-order valence-electron chi connectivity index (χ4n) is 7.76. The van der Waals surface area contributed by atoms with E-state index in [0.29, 0.717) is 11.3 Å². The third-order valence-corrected chi connectivity index (χ3v) is 10.6. The maximum atomic E-state index is 14.1. The minimum absolute atomic E-state index is 0.121. The van der Waals surface area contributed by atoms with E-state index in [1.54, 1.807) is 6.08 Å². The maximum Gasteiger partial charge on any atom is 0.330 e. The summed E-state index contributed by atoms with van der Waals surface area (Å²) in [5.41, 5.74) is 5.24. The molecule has 0 atom stereocenters. The van der Waals surface area contributed by atoms with Gasteiger partial charge >= 0.3 is 5.97 Å². The molecule has 0 spiro atoms. The molecule has 2 bridgehead atoms. The van der Waals surface area contributed by atoms with Crippen LogP contribution in [-0.4, -0.2) is 38.6 Å². The second-order valence-electron chi connectivity index (χ2n) is 12.9. The van der Waals surface area contributed by atoms with Gasteiger partial charge in [-0.2, -0.15) is 0 Å². The molecule has 1 saturated heterocycles. The summed E-state index contributed by atoms with van der Waals surface area (Å²) in [7, 11) is 1.39. The molecule has 5 heteroatoms. The van der Waals surface area contributed by atoms with Gasteiger partial charge in [-0.25, -0.2) is 4.79 Å². The number of carbonyl (C=O) groups is 2. The van der Waals surface area contributed by atoms with Crippen molar-refractivity contribution in [3.63, 3.8) is 0 Å². The Morgan fingerprint density at radius 2 is 1.62 bits per heavy atom. The molecule has 7 rings (SSSR count). The number of esters is 1. The van der Waals surface area contributed by atoms with Crippen LogP contribution in [0.25, 0.3) is 6.08 Å². The van der Waals surface area contributed by atoms with Crippen molar-refractivity contribution in [1.82, 2.24) is 0 Å². The first-order valence-electron chi connectivity index (χ1n) is 15.5. The van der Waals surface area contributed by atoms with Gasteiger partial charge in [0.05, 0.1) is 7.11 Å². The lowest BCUT2D eigenvalue weighted by atomic mass is 9.51. The average molecular weight is 541 g/mol. The van der Waals surface area contributed by atoms with Crippen LogP contribution < -0.4 is 9.80 Å². The Balaban J connectivity index is 1.21. The smallest absolute Gasteiger partial charge is 0.330 e. The summed E-state index contributed by atoms with van der Waals surface area (Å²) in [5, 5.41) is 0. The monoisotopic (exact) mass is 540 g/mol. The molecule has 1 aliphatic heterocycles. The molecule has 4 aliphatic carbocycles. The highest BCUT2D eigenvalue weighted by Crippen LogP contribution is 2.58. The van der Waals surface area contributed by atoms with Crippen LogP contribution in [0.3, 0.4) is 0 Å². The number of rotatable bonds is 8. The van der Waals surface area contributed by atoms with E-state index in [-0.39, 0.29) is 17.3 Å². The lowest BCUT2D eigenvalue weighted by Gasteiger charge is -2.55. The molecule has 0 unspecified atom stereocenters. The van der Waals surface area contributed by atoms with Gasteiger partial charge in [0.15, 0.2) is 0 Å². The number of amides is 1. The summed E-state index contributed by atoms with van der Waals surface area (Å²) in [5.74, 6) is 0.0466. The molecule has 212 valence electrons. The summed E-state index contributed by atoms with van der Waals surface area (Å²) in [6.07, 6.45) is 17.2. The van der Waals surface area contributed by atoms with Crippen LogP contribution in [0, 0.1) is 11.3 Å². The average Bonchev–Trinajstić information content (AvgIpc) is 2.99. The summed E-state index contributed by atoms with van der Waals surface area (Å²) in [6.45, 7) is 3.18. The zero-order valence-electron chi connectivity index (χ0n) is 24.1. The van der Waals surface area contributed by atoms with Gasteiger partial charge in [0, 0.05) is 43.0 Å². The van der Waals surface area contributed by atoms with Gasteiger partial charge in [-0.15, -0.1) is 0 Å². The lowest BCUT2D eigenvalue weighted by molar-refractivity contribution is -0.134. The molecule has 2 aromatic rings. The van der Waals surface area contributed by atoms with Crippen LogP contribution in [0.15, 0.2) is 54.6 Å². The number of fused-ring (bicyclic) bond motifs is 3. The largest absolute Gasteiger partial charge is 0.466 e. The van der Waals surface area contributed by atoms with Gasteiger partial charge in [0.1, 0.15) is 0 Å². The number of anilines is 2. The Morgan fingerprint density at radius 3 is 2.25 bits per heavy atom. The van der Waals surface area contributed by atoms with Crippen LogP contribution in [0.2, 0.25) is 0 Å². The first-order chi connectivity index (χ1) is 19.5. The highest BCUT2D eigenvalue weighted by Gasteiger charge is 2.50. The summed E-state index contributed by atoms with van der Waals surface area (Å²) in [6, 6.07) is 17.6. The van der Waals surface area contributed by atoms with E-state index in [0.717, 1.165) is 43.5 Å². The van der Waals surface area contributed by atoms with Gasteiger partial charge in [-0.05, 0) is 110 Å². The van der Waals surface area contributed by atoms with Gasteiger partial charge < -0.3 is 14.5 Å². The molecule has 0 radical (unpaired) electrons. The minimum atomic E-state index is -0.373. The van der Waals surface area contributed by atoms with Gasteiger partial charge in [0.25, 0.3) is 0 Å². The van der Waals surface area contributed by atoms with Gasteiger partial charge in [-0.3, -0.25) is 4.79 Å². The van der Waals surface area contributed by atoms with E-state index in [2.05, 4.69) is 46.2 Å². The Hall–Kier alpha value is -3.08. The predicted octanol–water partition coefficient (Wildman–Crippen LogP) is 7.29. The molecule has 5 aliphatic rings. The second-order valence-corrected chi connectivity index (χ2v) is 12.9. The third kappa shape index (κ3) is 5.44. The van der Waals surface area contributed by atoms with Crippen LogP contribution in [0.5, 0.6) is 0 Å². The van der Waals surface area contributed by atoms with Gasteiger partial charge in [-0.1, -0.05) is 43.5 Å². The van der Waals surface area contributed by atoms with E-state index < -0.39 is 0 Å². The maximum absolute atomic E-state index is 14.1. The first-order valence-corrected chi connectivity index (χ1v) is 15.5. The van der Waals surface area contributed by atoms with Crippen molar-refractivity contribution in [3.05, 3.63) is 65.7 Å². The standard InChI is InChI=1S/C35H44N2O3/c1-40-32(38)16-11-27-7-5-10-31(25-27)37(33(39)28-8-3-2-4-9-28)26-34-17-20-35(21-18-34,22-19-34)29-12-14-30(15-13-29)36-23-6-24-36/h5,7,10-16,25,28H,2-4,6,8-9,17-24,26H2,1H3/b16-11+. The Kier molecular flexibility index (Phi) is 7.74. The third-order valence-electron chi connectivity index (χ3n) is 10.6. The molecule has 0 aromatic heterocycles. The molecular formula is C35H44N2O3. The minimum Gasteiger partial charge on any atom is -0.466 e. The Bertz CT molecular complexity index is 1220. The number of methoxy groups -OCH3 is 1. The SMILES string of the molecule is COC(=O)/C=C/c1cccc(N(CC23CCC(c4ccc(N5CCC5)cc4)(CC2)CC3)C(=O)C2CCCCC2)c1. The highest BCUT2D eigenvalue weighted by atomic mass is 16.5. The van der Waals surface area contributed by atoms with Crippen molar-refractivity contribution in [2.45, 2.75) is 82.5 Å². The van der Waals surface area contributed by atoms with E-state index in [9.17, 15) is 9.59 Å². The lowest BCUT2D eigenvalue weighted by Crippen LogP contribution is -2.51. The predicted molar refractivity (Wildman–Crippen MR) is 162 cm³/mol. The van der Waals surface area contributed by atoms with Crippen molar-refractivity contribution >= 4 is 29.3 Å². The van der Waals surface area contributed by atoms with E-state index in [1.807, 2.05) is 12.1 Å². The van der Waals surface area contributed by atoms with E-state index >= 15 is 0 Å². The van der Waals surface area contributed by atoms with Crippen molar-refractivity contribution in [2.75, 3.05) is 36.5 Å². The molecule has 5 fully saturated rings. The molecule has 0 N–H and O–H groups in total. The normalized spacial score (nSPS) is 26.5. The van der Waals surface area contributed by atoms with Gasteiger partial charge in [0.2, 0.25) is 5.91 Å². The topological polar surface area (TPSA) is 49.9 Å². The second kappa shape index (κ2) is 11.4. The highest BCUT2D eigenvalue weighted by molar-refractivity contribution is 5.95. The number of hydrogen-bond acceptors (Lipinski definition) is 4. The Morgan fingerprint density at radius 1 is 0.925 bits per heavy atom. The number of nitrogens with zero attached hydrogens (tertiary/aromatic N) is 2. The first kappa shape index (κ1) is 27.1. The molecule has 4 saturated carbocycles. The number of ether oxygens (including phenoxy) is 1. The van der Waals surface area contributed by atoms with Crippen molar-refractivity contribution in [3.8, 4) is 0 Å². The number of benzene rings is 2. The summed E-state index contributed by atoms with van der Waals surface area (Å²) >= 11 is 0. The summed E-state index contributed by atoms with van der Waals surface area (Å²) < 4.78 is 4.77. The number of hydrogen-bond donors (Lipinski definition) is 0. The van der Waals surface area contributed by atoms with Crippen molar-refractivity contribution < 1.29 is 14.3 Å². The Labute approximate surface area is 239 Å². The van der Waals surface area contributed by atoms with Crippen molar-refractivity contribution in [2.24, 2.45) is 11.3 Å². The molecule has 2 aromatic carbocycles. The van der Waals surface area contributed by atoms with Crippen LogP contribution >= 0.6 is 0 Å². The molecule has 1 heterocycles. The van der Waals surface area contributed by atoms with E-state index in [1.165, 1.54) is 88.9 Å². The fourth-order valence-corrected chi connectivity index (χ4v) is 7.76. The molecule has 1 amide bonds. The fraction of sp³-hybridized carbons (Fsp3) is 0.543. The zero-order chi connectivity index (χ0) is 27.6. The zero-order valence-corrected chi connectivity index (χ0v) is 24.1. The molecular weight excluding hydrogens is 496 g/mol. The quantitative estimate of drug-likeness (QED) is 0.261. The molecule has 5 nitrogen and oxygen atoms in total. The van der Waals surface area contributed by atoms with Crippen LogP contribution in [0.4, 0.5) is 11.4 Å².